The summed E-state index contributed by atoms with van der Waals surface area (Å²) in [6, 6.07) is 19.0. The van der Waals surface area contributed by atoms with Crippen LogP contribution in [0.3, 0.4) is 0 Å². The van der Waals surface area contributed by atoms with Crippen molar-refractivity contribution in [2.45, 2.75) is 19.4 Å². The lowest BCUT2D eigenvalue weighted by atomic mass is 10.0. The summed E-state index contributed by atoms with van der Waals surface area (Å²) in [5.74, 6) is 0. The fourth-order valence-electron chi connectivity index (χ4n) is 3.33. The van der Waals surface area contributed by atoms with Gasteiger partial charge in [-0.3, -0.25) is 10.1 Å². The maximum Gasteiger partial charge on any atom is 0.0670 e. The molecule has 27 heavy (non-hydrogen) atoms. The summed E-state index contributed by atoms with van der Waals surface area (Å²) in [4.78, 5) is 4.42. The number of H-pyrrole nitrogens is 1. The van der Waals surface area contributed by atoms with E-state index >= 15 is 0 Å². The first kappa shape index (κ1) is 17.2. The van der Waals surface area contributed by atoms with Gasteiger partial charge in [0.05, 0.1) is 16.9 Å². The zero-order valence-electron chi connectivity index (χ0n) is 15.3. The second kappa shape index (κ2) is 7.60. The Balaban J connectivity index is 1.56. The summed E-state index contributed by atoms with van der Waals surface area (Å²) < 4.78 is 0. The van der Waals surface area contributed by atoms with E-state index in [0.717, 1.165) is 39.8 Å². The molecule has 0 bridgehead atoms. The molecule has 2 aromatic heterocycles. The number of aromatic nitrogens is 3. The van der Waals surface area contributed by atoms with E-state index in [2.05, 4.69) is 69.0 Å². The number of nitrogens with one attached hydrogen (secondary N) is 2. The Hall–Kier alpha value is -3.18. The molecule has 0 radical (unpaired) electrons. The maximum atomic E-state index is 5.99. The van der Waals surface area contributed by atoms with Crippen LogP contribution in [0.2, 0.25) is 0 Å². The largest absolute Gasteiger partial charge is 0.379 e. The topological polar surface area (TPSA) is 79.6 Å². The standard InChI is InChI=1S/C22H23N5/c1-15-21-11-17(7-8-22(21)27-26-15)18-10-20(14-24-13-18)25-19(12-23)9-16-5-3-2-4-6-16/h2-8,10-11,13-14,19,25H,9,12,23H2,1H3,(H,26,27)/t19-/m0/s1. The Labute approximate surface area is 158 Å². The van der Waals surface area contributed by atoms with Crippen molar-refractivity contribution in [1.82, 2.24) is 15.2 Å². The lowest BCUT2D eigenvalue weighted by molar-refractivity contribution is 0.723. The van der Waals surface area contributed by atoms with Gasteiger partial charge in [0.2, 0.25) is 0 Å². The molecule has 0 aliphatic heterocycles. The van der Waals surface area contributed by atoms with Gasteiger partial charge in [0, 0.05) is 35.9 Å². The second-order valence-corrected chi connectivity index (χ2v) is 6.80. The Bertz CT molecular complexity index is 1040. The molecule has 0 aliphatic rings. The minimum absolute atomic E-state index is 0.156. The number of pyridine rings is 1. The third kappa shape index (κ3) is 3.83. The van der Waals surface area contributed by atoms with E-state index in [1.54, 1.807) is 0 Å². The SMILES string of the molecule is Cc1n[nH]c2ccc(-c3cncc(N[C@H](CN)Cc4ccccc4)c3)cc12. The third-order valence-corrected chi connectivity index (χ3v) is 4.81. The molecule has 0 fully saturated rings. The summed E-state index contributed by atoms with van der Waals surface area (Å²) in [5, 5.41) is 12.0. The fourth-order valence-corrected chi connectivity index (χ4v) is 3.33. The van der Waals surface area contributed by atoms with Crippen molar-refractivity contribution in [2.24, 2.45) is 5.73 Å². The lowest BCUT2D eigenvalue weighted by Gasteiger charge is -2.18. The molecule has 1 atom stereocenters. The van der Waals surface area contributed by atoms with Crippen LogP contribution in [0.15, 0.2) is 67.0 Å². The van der Waals surface area contributed by atoms with Gasteiger partial charge in [-0.15, -0.1) is 0 Å². The molecule has 0 unspecified atom stereocenters. The van der Waals surface area contributed by atoms with Crippen molar-refractivity contribution in [3.05, 3.63) is 78.2 Å². The minimum Gasteiger partial charge on any atom is -0.379 e. The van der Waals surface area contributed by atoms with Gasteiger partial charge in [-0.2, -0.15) is 5.10 Å². The maximum absolute atomic E-state index is 5.99. The van der Waals surface area contributed by atoms with Crippen LogP contribution >= 0.6 is 0 Å². The highest BCUT2D eigenvalue weighted by Crippen LogP contribution is 2.26. The van der Waals surface area contributed by atoms with E-state index in [4.69, 9.17) is 5.73 Å². The molecule has 136 valence electrons. The average molecular weight is 357 g/mol. The van der Waals surface area contributed by atoms with Gasteiger partial charge in [-0.05, 0) is 42.7 Å². The number of nitrogens with two attached hydrogens (primary N) is 1. The summed E-state index contributed by atoms with van der Waals surface area (Å²) in [6.45, 7) is 2.56. The van der Waals surface area contributed by atoms with E-state index in [9.17, 15) is 0 Å². The molecule has 0 spiro atoms. The van der Waals surface area contributed by atoms with Crippen LogP contribution in [0.1, 0.15) is 11.3 Å². The Kier molecular flexibility index (Phi) is 4.85. The third-order valence-electron chi connectivity index (χ3n) is 4.81. The molecular formula is C22H23N5. The van der Waals surface area contributed by atoms with Crippen LogP contribution in [0, 0.1) is 6.92 Å². The van der Waals surface area contributed by atoms with Crippen molar-refractivity contribution in [2.75, 3.05) is 11.9 Å². The Morgan fingerprint density at radius 1 is 1.04 bits per heavy atom. The van der Waals surface area contributed by atoms with E-state index in [-0.39, 0.29) is 6.04 Å². The Morgan fingerprint density at radius 3 is 2.70 bits per heavy atom. The highest BCUT2D eigenvalue weighted by molar-refractivity contribution is 5.86. The number of hydrogen-bond acceptors (Lipinski definition) is 4. The molecule has 0 aliphatic carbocycles. The van der Waals surface area contributed by atoms with Crippen LogP contribution in [0.5, 0.6) is 0 Å². The number of nitrogens with zero attached hydrogens (tertiary/aromatic N) is 2. The molecule has 0 saturated carbocycles. The van der Waals surface area contributed by atoms with Crippen LogP contribution in [-0.2, 0) is 6.42 Å². The smallest absolute Gasteiger partial charge is 0.0670 e. The first-order chi connectivity index (χ1) is 13.2. The second-order valence-electron chi connectivity index (χ2n) is 6.80. The van der Waals surface area contributed by atoms with E-state index in [1.165, 1.54) is 5.56 Å². The highest BCUT2D eigenvalue weighted by atomic mass is 15.1. The van der Waals surface area contributed by atoms with Crippen molar-refractivity contribution in [1.29, 1.82) is 0 Å². The fraction of sp³-hybridized carbons (Fsp3) is 0.182. The molecule has 5 heteroatoms. The zero-order valence-corrected chi connectivity index (χ0v) is 15.3. The number of rotatable bonds is 6. The van der Waals surface area contributed by atoms with Crippen LogP contribution in [-0.4, -0.2) is 27.8 Å². The first-order valence-corrected chi connectivity index (χ1v) is 9.13. The van der Waals surface area contributed by atoms with Gasteiger partial charge in [-0.1, -0.05) is 36.4 Å². The summed E-state index contributed by atoms with van der Waals surface area (Å²) >= 11 is 0. The number of fused-ring (bicyclic) bond motifs is 1. The molecule has 5 nitrogen and oxygen atoms in total. The summed E-state index contributed by atoms with van der Waals surface area (Å²) in [5.41, 5.74) is 12.5. The van der Waals surface area contributed by atoms with E-state index in [1.807, 2.05) is 25.4 Å². The molecule has 0 saturated heterocycles. The lowest BCUT2D eigenvalue weighted by Crippen LogP contribution is -2.31. The van der Waals surface area contributed by atoms with Gasteiger partial charge in [-0.25, -0.2) is 0 Å². The van der Waals surface area contributed by atoms with Gasteiger partial charge in [0.25, 0.3) is 0 Å². The predicted octanol–water partition coefficient (Wildman–Crippen LogP) is 3.92. The monoisotopic (exact) mass is 357 g/mol. The average Bonchev–Trinajstić information content (AvgIpc) is 3.09. The molecule has 4 rings (SSSR count). The van der Waals surface area contributed by atoms with Gasteiger partial charge >= 0.3 is 0 Å². The normalized spacial score (nSPS) is 12.2. The Morgan fingerprint density at radius 2 is 1.89 bits per heavy atom. The molecule has 4 aromatic rings. The minimum atomic E-state index is 0.156. The molecule has 0 amide bonds. The molecule has 2 aromatic carbocycles. The van der Waals surface area contributed by atoms with E-state index in [0.29, 0.717) is 6.54 Å². The summed E-state index contributed by atoms with van der Waals surface area (Å²) in [7, 11) is 0. The number of hydrogen-bond donors (Lipinski definition) is 3. The van der Waals surface area contributed by atoms with Crippen LogP contribution in [0.4, 0.5) is 5.69 Å². The molecular weight excluding hydrogens is 334 g/mol. The van der Waals surface area contributed by atoms with Gasteiger partial charge < -0.3 is 11.1 Å². The quantitative estimate of drug-likeness (QED) is 0.489. The molecule has 2 heterocycles. The first-order valence-electron chi connectivity index (χ1n) is 9.13. The van der Waals surface area contributed by atoms with Crippen molar-refractivity contribution < 1.29 is 0 Å². The van der Waals surface area contributed by atoms with Gasteiger partial charge in [0.15, 0.2) is 0 Å². The predicted molar refractivity (Wildman–Crippen MR) is 111 cm³/mol. The molecule has 4 N–H and O–H groups in total. The number of aromatic amines is 1. The highest BCUT2D eigenvalue weighted by Gasteiger charge is 2.10. The van der Waals surface area contributed by atoms with Crippen molar-refractivity contribution >= 4 is 16.6 Å². The van der Waals surface area contributed by atoms with Crippen molar-refractivity contribution in [3.8, 4) is 11.1 Å². The van der Waals surface area contributed by atoms with Crippen LogP contribution in [0.25, 0.3) is 22.0 Å². The number of benzene rings is 2. The van der Waals surface area contributed by atoms with Gasteiger partial charge in [0.1, 0.15) is 0 Å². The number of aryl methyl sites for hydroxylation is 1. The number of anilines is 1. The van der Waals surface area contributed by atoms with Crippen molar-refractivity contribution in [3.63, 3.8) is 0 Å². The van der Waals surface area contributed by atoms with E-state index < -0.39 is 0 Å². The summed E-state index contributed by atoms with van der Waals surface area (Å²) in [6.07, 6.45) is 4.61. The van der Waals surface area contributed by atoms with Crippen LogP contribution < -0.4 is 11.1 Å². The zero-order chi connectivity index (χ0) is 18.6.